The first kappa shape index (κ1) is 19.7. The lowest BCUT2D eigenvalue weighted by Crippen LogP contribution is -2.48. The predicted octanol–water partition coefficient (Wildman–Crippen LogP) is 3.82. The van der Waals surface area contributed by atoms with Crippen LogP contribution in [0.1, 0.15) is 33.2 Å². The molecule has 1 amide bonds. The number of hydrogen-bond donors (Lipinski definition) is 0. The molecule has 1 aliphatic heterocycles. The van der Waals surface area contributed by atoms with E-state index in [0.717, 1.165) is 4.57 Å². The maximum atomic E-state index is 14.8. The van der Waals surface area contributed by atoms with E-state index in [0.29, 0.717) is 4.47 Å². The van der Waals surface area contributed by atoms with Crippen molar-refractivity contribution in [2.75, 3.05) is 13.1 Å². The molecule has 9 heteroatoms. The van der Waals surface area contributed by atoms with Gasteiger partial charge in [-0.2, -0.15) is 0 Å². The van der Waals surface area contributed by atoms with Gasteiger partial charge in [-0.25, -0.2) is 18.6 Å². The summed E-state index contributed by atoms with van der Waals surface area (Å²) in [6, 6.07) is 1.88. The summed E-state index contributed by atoms with van der Waals surface area (Å²) in [6.07, 6.45) is -0.659. The van der Waals surface area contributed by atoms with Gasteiger partial charge in [-0.3, -0.25) is 9.36 Å². The third-order valence-corrected chi connectivity index (χ3v) is 4.78. The number of rotatable bonds is 1. The fourth-order valence-electron chi connectivity index (χ4n) is 3.11. The minimum absolute atomic E-state index is 0.178. The number of ether oxygens (including phenoxy) is 1. The Morgan fingerprint density at radius 2 is 2.07 bits per heavy atom. The van der Waals surface area contributed by atoms with Gasteiger partial charge in [-0.1, -0.05) is 15.9 Å². The maximum absolute atomic E-state index is 14.8. The van der Waals surface area contributed by atoms with Gasteiger partial charge in [0.2, 0.25) is 0 Å². The molecule has 1 aliphatic rings. The standard InChI is InChI=1S/C18H20BrF2N3O3/c1-18(2,3)27-17(26)23-5-4-14(12(21)8-23)24-9-22-13-7-10(19)6-11(20)15(13)16(24)25/h6-7,9,12,14H,4-5,8H2,1-3H3/t12-,14-/m0/s1. The highest BCUT2D eigenvalue weighted by Crippen LogP contribution is 2.27. The number of benzene rings is 1. The van der Waals surface area contributed by atoms with Crippen molar-refractivity contribution in [2.24, 2.45) is 0 Å². The molecule has 1 fully saturated rings. The Balaban J connectivity index is 1.86. The van der Waals surface area contributed by atoms with Crippen LogP contribution in [0.25, 0.3) is 10.9 Å². The molecule has 146 valence electrons. The monoisotopic (exact) mass is 443 g/mol. The van der Waals surface area contributed by atoms with Crippen molar-refractivity contribution in [1.82, 2.24) is 14.5 Å². The van der Waals surface area contributed by atoms with E-state index in [4.69, 9.17) is 4.74 Å². The molecule has 0 saturated carbocycles. The molecule has 0 radical (unpaired) electrons. The van der Waals surface area contributed by atoms with Gasteiger partial charge in [-0.05, 0) is 39.3 Å². The normalized spacial score (nSPS) is 20.7. The van der Waals surface area contributed by atoms with Crippen molar-refractivity contribution < 1.29 is 18.3 Å². The second-order valence-electron chi connectivity index (χ2n) is 7.54. The van der Waals surface area contributed by atoms with E-state index < -0.39 is 35.3 Å². The number of nitrogens with zero attached hydrogens (tertiary/aromatic N) is 3. The van der Waals surface area contributed by atoms with Crippen LogP contribution >= 0.6 is 15.9 Å². The maximum Gasteiger partial charge on any atom is 0.410 e. The number of amides is 1. The van der Waals surface area contributed by atoms with Gasteiger partial charge in [0.25, 0.3) is 5.56 Å². The Morgan fingerprint density at radius 3 is 2.70 bits per heavy atom. The molecule has 0 unspecified atom stereocenters. The lowest BCUT2D eigenvalue weighted by atomic mass is 10.0. The summed E-state index contributed by atoms with van der Waals surface area (Å²) in [5.41, 5.74) is -1.11. The van der Waals surface area contributed by atoms with Crippen LogP contribution in [0.3, 0.4) is 0 Å². The van der Waals surface area contributed by atoms with Crippen LogP contribution in [-0.2, 0) is 4.74 Å². The quantitative estimate of drug-likeness (QED) is 0.671. The van der Waals surface area contributed by atoms with Crippen molar-refractivity contribution >= 4 is 32.9 Å². The lowest BCUT2D eigenvalue weighted by Gasteiger charge is -2.36. The van der Waals surface area contributed by atoms with Crippen molar-refractivity contribution in [2.45, 2.75) is 45.0 Å². The Morgan fingerprint density at radius 1 is 1.37 bits per heavy atom. The minimum Gasteiger partial charge on any atom is -0.444 e. The number of carbonyl (C=O) groups is 1. The fourth-order valence-corrected chi connectivity index (χ4v) is 3.53. The number of halogens is 3. The molecule has 2 atom stereocenters. The zero-order valence-electron chi connectivity index (χ0n) is 15.2. The number of alkyl halides is 1. The van der Waals surface area contributed by atoms with E-state index >= 15 is 0 Å². The molecule has 27 heavy (non-hydrogen) atoms. The molecule has 0 aliphatic carbocycles. The Labute approximate surface area is 163 Å². The number of likely N-dealkylation sites (tertiary alicyclic amines) is 1. The Kier molecular flexibility index (Phi) is 5.24. The zero-order valence-corrected chi connectivity index (χ0v) is 16.8. The predicted molar refractivity (Wildman–Crippen MR) is 100 cm³/mol. The third kappa shape index (κ3) is 4.12. The second-order valence-corrected chi connectivity index (χ2v) is 8.45. The number of piperidine rings is 1. The van der Waals surface area contributed by atoms with Gasteiger partial charge in [0.1, 0.15) is 23.0 Å². The van der Waals surface area contributed by atoms with Crippen LogP contribution in [0.5, 0.6) is 0 Å². The summed E-state index contributed by atoms with van der Waals surface area (Å²) in [7, 11) is 0. The topological polar surface area (TPSA) is 64.4 Å². The molecular weight excluding hydrogens is 424 g/mol. The first-order chi connectivity index (χ1) is 12.6. The molecule has 6 nitrogen and oxygen atoms in total. The van der Waals surface area contributed by atoms with E-state index in [1.54, 1.807) is 20.8 Å². The van der Waals surface area contributed by atoms with Gasteiger partial charge in [-0.15, -0.1) is 0 Å². The van der Waals surface area contributed by atoms with Crippen LogP contribution in [0.15, 0.2) is 27.7 Å². The van der Waals surface area contributed by atoms with Crippen LogP contribution in [0, 0.1) is 5.82 Å². The molecule has 0 bridgehead atoms. The summed E-state index contributed by atoms with van der Waals surface area (Å²) in [5, 5.41) is -0.178. The molecule has 1 aromatic carbocycles. The number of aromatic nitrogens is 2. The van der Waals surface area contributed by atoms with Crippen LogP contribution in [-0.4, -0.2) is 45.4 Å². The highest BCUT2D eigenvalue weighted by atomic mass is 79.9. The average Bonchev–Trinajstić information content (AvgIpc) is 2.53. The van der Waals surface area contributed by atoms with Gasteiger partial charge in [0.15, 0.2) is 0 Å². The highest BCUT2D eigenvalue weighted by Gasteiger charge is 2.35. The number of carbonyl (C=O) groups excluding carboxylic acids is 1. The smallest absolute Gasteiger partial charge is 0.410 e. The van der Waals surface area contributed by atoms with Gasteiger partial charge < -0.3 is 9.64 Å². The molecule has 3 rings (SSSR count). The molecule has 2 aromatic rings. The van der Waals surface area contributed by atoms with E-state index in [9.17, 15) is 18.4 Å². The van der Waals surface area contributed by atoms with E-state index in [-0.39, 0.29) is 30.4 Å². The number of hydrogen-bond acceptors (Lipinski definition) is 4. The van der Waals surface area contributed by atoms with E-state index in [1.165, 1.54) is 23.4 Å². The second kappa shape index (κ2) is 7.18. The minimum atomic E-state index is -1.50. The zero-order chi connectivity index (χ0) is 19.9. The molecular formula is C18H20BrF2N3O3. The number of fused-ring (bicyclic) bond motifs is 1. The van der Waals surface area contributed by atoms with Crippen molar-refractivity contribution in [3.8, 4) is 0 Å². The van der Waals surface area contributed by atoms with Crippen LogP contribution < -0.4 is 5.56 Å². The van der Waals surface area contributed by atoms with Crippen LogP contribution in [0.2, 0.25) is 0 Å². The largest absolute Gasteiger partial charge is 0.444 e. The Hall–Kier alpha value is -2.03. The van der Waals surface area contributed by atoms with Crippen molar-refractivity contribution in [3.05, 3.63) is 39.1 Å². The van der Waals surface area contributed by atoms with Crippen molar-refractivity contribution in [1.29, 1.82) is 0 Å². The summed E-state index contributed by atoms with van der Waals surface area (Å²) in [5.74, 6) is -0.715. The molecule has 0 spiro atoms. The first-order valence-corrected chi connectivity index (χ1v) is 9.34. The Bertz CT molecular complexity index is 942. The molecule has 1 aromatic heterocycles. The highest BCUT2D eigenvalue weighted by molar-refractivity contribution is 9.10. The SMILES string of the molecule is CC(C)(C)OC(=O)N1CC[C@H](n2cnc3cc(Br)cc(F)c3c2=O)[C@@H](F)C1. The fraction of sp³-hybridized carbons (Fsp3) is 0.500. The van der Waals surface area contributed by atoms with Gasteiger partial charge >= 0.3 is 6.09 Å². The first-order valence-electron chi connectivity index (χ1n) is 8.55. The average molecular weight is 444 g/mol. The van der Waals surface area contributed by atoms with E-state index in [2.05, 4.69) is 20.9 Å². The summed E-state index contributed by atoms with van der Waals surface area (Å²) in [6.45, 7) is 5.23. The van der Waals surface area contributed by atoms with Crippen LogP contribution in [0.4, 0.5) is 13.6 Å². The van der Waals surface area contributed by atoms with Gasteiger partial charge in [0.05, 0.1) is 24.4 Å². The van der Waals surface area contributed by atoms with Crippen molar-refractivity contribution in [3.63, 3.8) is 0 Å². The summed E-state index contributed by atoms with van der Waals surface area (Å²) < 4.78 is 35.9. The summed E-state index contributed by atoms with van der Waals surface area (Å²) in [4.78, 5) is 30.2. The summed E-state index contributed by atoms with van der Waals surface area (Å²) >= 11 is 3.16. The van der Waals surface area contributed by atoms with Gasteiger partial charge in [0, 0.05) is 11.0 Å². The third-order valence-electron chi connectivity index (χ3n) is 4.32. The molecule has 1 saturated heterocycles. The molecule has 0 N–H and O–H groups in total. The molecule has 2 heterocycles. The lowest BCUT2D eigenvalue weighted by molar-refractivity contribution is 0.00645. The van der Waals surface area contributed by atoms with E-state index in [1.807, 2.05) is 0 Å².